The number of halogens is 1. The summed E-state index contributed by atoms with van der Waals surface area (Å²) < 4.78 is 2.28. The Labute approximate surface area is 119 Å². The molecule has 3 nitrogen and oxygen atoms in total. The van der Waals surface area contributed by atoms with E-state index in [2.05, 4.69) is 34.6 Å². The highest BCUT2D eigenvalue weighted by Gasteiger charge is 2.34. The van der Waals surface area contributed by atoms with Crippen LogP contribution >= 0.6 is 11.6 Å². The Balaban J connectivity index is 1.95. The van der Waals surface area contributed by atoms with Crippen molar-refractivity contribution < 1.29 is 0 Å². The summed E-state index contributed by atoms with van der Waals surface area (Å²) in [7, 11) is 0. The Morgan fingerprint density at radius 2 is 2.21 bits per heavy atom. The zero-order valence-corrected chi connectivity index (χ0v) is 12.3. The van der Waals surface area contributed by atoms with Gasteiger partial charge in [-0.05, 0) is 37.2 Å². The van der Waals surface area contributed by atoms with Crippen LogP contribution in [-0.2, 0) is 0 Å². The lowest BCUT2D eigenvalue weighted by atomic mass is 9.66. The van der Waals surface area contributed by atoms with Crippen LogP contribution in [0.15, 0.2) is 18.6 Å². The number of fused-ring (bicyclic) bond motifs is 1. The van der Waals surface area contributed by atoms with Crippen LogP contribution in [0.2, 0.25) is 5.15 Å². The summed E-state index contributed by atoms with van der Waals surface area (Å²) in [6.45, 7) is 4.66. The Kier molecular flexibility index (Phi) is 3.25. The van der Waals surface area contributed by atoms with Crippen molar-refractivity contribution in [3.8, 4) is 0 Å². The first-order valence-electron chi connectivity index (χ1n) is 7.10. The standard InChI is InChI=1S/C15H20ClN3/c1-3-11(9-15(2)6-4-7-15)19-8-5-12-13(16)17-10-18-14(12)19/h5,8,10-11H,3-4,6-7,9H2,1-2H3/t11-/m0/s1. The average molecular weight is 278 g/mol. The van der Waals surface area contributed by atoms with Crippen molar-refractivity contribution in [3.05, 3.63) is 23.7 Å². The van der Waals surface area contributed by atoms with E-state index >= 15 is 0 Å². The highest BCUT2D eigenvalue weighted by Crippen LogP contribution is 2.47. The predicted molar refractivity (Wildman–Crippen MR) is 78.4 cm³/mol. The first kappa shape index (κ1) is 12.9. The molecule has 0 unspecified atom stereocenters. The summed E-state index contributed by atoms with van der Waals surface area (Å²) in [6, 6.07) is 2.54. The van der Waals surface area contributed by atoms with Gasteiger partial charge in [-0.3, -0.25) is 0 Å². The second-order valence-electron chi connectivity index (χ2n) is 6.06. The fraction of sp³-hybridized carbons (Fsp3) is 0.600. The molecule has 1 aliphatic rings. The fourth-order valence-corrected chi connectivity index (χ4v) is 3.42. The lowest BCUT2D eigenvalue weighted by Gasteiger charge is -2.41. The van der Waals surface area contributed by atoms with Gasteiger partial charge in [0, 0.05) is 12.2 Å². The zero-order chi connectivity index (χ0) is 13.5. The summed E-state index contributed by atoms with van der Waals surface area (Å²) in [5.74, 6) is 0. The molecule has 2 heterocycles. The molecule has 1 atom stereocenters. The van der Waals surface area contributed by atoms with E-state index in [1.165, 1.54) is 25.7 Å². The first-order valence-corrected chi connectivity index (χ1v) is 7.48. The minimum atomic E-state index is 0.508. The minimum absolute atomic E-state index is 0.508. The van der Waals surface area contributed by atoms with Gasteiger partial charge in [0.1, 0.15) is 17.1 Å². The van der Waals surface area contributed by atoms with Crippen molar-refractivity contribution in [1.29, 1.82) is 0 Å². The van der Waals surface area contributed by atoms with Gasteiger partial charge in [0.25, 0.3) is 0 Å². The van der Waals surface area contributed by atoms with E-state index in [0.717, 1.165) is 17.5 Å². The summed E-state index contributed by atoms with van der Waals surface area (Å²) in [5, 5.41) is 1.51. The van der Waals surface area contributed by atoms with Gasteiger partial charge in [-0.2, -0.15) is 0 Å². The second kappa shape index (κ2) is 4.78. The predicted octanol–water partition coefficient (Wildman–Crippen LogP) is 4.62. The van der Waals surface area contributed by atoms with Crippen LogP contribution in [0.1, 0.15) is 52.0 Å². The van der Waals surface area contributed by atoms with E-state index in [0.29, 0.717) is 16.6 Å². The number of hydrogen-bond acceptors (Lipinski definition) is 2. The number of aromatic nitrogens is 3. The van der Waals surface area contributed by atoms with E-state index in [4.69, 9.17) is 11.6 Å². The Morgan fingerprint density at radius 3 is 2.84 bits per heavy atom. The number of nitrogens with zero attached hydrogens (tertiary/aromatic N) is 3. The quantitative estimate of drug-likeness (QED) is 0.764. The highest BCUT2D eigenvalue weighted by atomic mass is 35.5. The molecule has 0 spiro atoms. The maximum atomic E-state index is 6.13. The molecule has 4 heteroatoms. The van der Waals surface area contributed by atoms with E-state index in [-0.39, 0.29) is 0 Å². The lowest BCUT2D eigenvalue weighted by molar-refractivity contribution is 0.118. The van der Waals surface area contributed by atoms with Crippen molar-refractivity contribution in [3.63, 3.8) is 0 Å². The molecular weight excluding hydrogens is 258 g/mol. The molecule has 0 saturated heterocycles. The van der Waals surface area contributed by atoms with E-state index in [9.17, 15) is 0 Å². The smallest absolute Gasteiger partial charge is 0.145 e. The third-order valence-corrected chi connectivity index (χ3v) is 4.92. The van der Waals surface area contributed by atoms with Crippen molar-refractivity contribution >= 4 is 22.6 Å². The van der Waals surface area contributed by atoms with Crippen molar-refractivity contribution in [1.82, 2.24) is 14.5 Å². The molecule has 0 aliphatic heterocycles. The molecule has 0 radical (unpaired) electrons. The molecule has 0 bridgehead atoms. The zero-order valence-electron chi connectivity index (χ0n) is 11.6. The molecule has 19 heavy (non-hydrogen) atoms. The highest BCUT2D eigenvalue weighted by molar-refractivity contribution is 6.33. The van der Waals surface area contributed by atoms with Crippen molar-refractivity contribution in [2.24, 2.45) is 5.41 Å². The summed E-state index contributed by atoms with van der Waals surface area (Å²) in [5.41, 5.74) is 1.49. The van der Waals surface area contributed by atoms with Gasteiger partial charge in [-0.25, -0.2) is 9.97 Å². The minimum Gasteiger partial charge on any atom is -0.329 e. The van der Waals surface area contributed by atoms with E-state index < -0.39 is 0 Å². The van der Waals surface area contributed by atoms with Crippen LogP contribution in [0.4, 0.5) is 0 Å². The van der Waals surface area contributed by atoms with Crippen LogP contribution in [0.25, 0.3) is 11.0 Å². The number of hydrogen-bond donors (Lipinski definition) is 0. The Morgan fingerprint density at radius 1 is 1.42 bits per heavy atom. The largest absolute Gasteiger partial charge is 0.329 e. The molecular formula is C15H20ClN3. The maximum absolute atomic E-state index is 6.13. The molecule has 1 aliphatic carbocycles. The summed E-state index contributed by atoms with van der Waals surface area (Å²) in [6.07, 6.45) is 10.1. The second-order valence-corrected chi connectivity index (χ2v) is 6.41. The van der Waals surface area contributed by atoms with Crippen LogP contribution in [0, 0.1) is 5.41 Å². The molecule has 0 N–H and O–H groups in total. The molecule has 1 saturated carbocycles. The van der Waals surface area contributed by atoms with Crippen LogP contribution < -0.4 is 0 Å². The normalized spacial score (nSPS) is 19.3. The van der Waals surface area contributed by atoms with E-state index in [1.807, 2.05) is 6.07 Å². The van der Waals surface area contributed by atoms with Crippen LogP contribution in [0.3, 0.4) is 0 Å². The first-order chi connectivity index (χ1) is 9.13. The SMILES string of the molecule is CC[C@@H](CC1(C)CCC1)n1ccc2c(Cl)ncnc21. The topological polar surface area (TPSA) is 30.7 Å². The lowest BCUT2D eigenvalue weighted by Crippen LogP contribution is -2.29. The van der Waals surface area contributed by atoms with Gasteiger partial charge in [0.2, 0.25) is 0 Å². The molecule has 102 valence electrons. The third-order valence-electron chi connectivity index (χ3n) is 4.61. The van der Waals surface area contributed by atoms with Crippen molar-refractivity contribution in [2.75, 3.05) is 0 Å². The molecule has 2 aromatic rings. The molecule has 1 fully saturated rings. The van der Waals surface area contributed by atoms with Crippen LogP contribution in [0.5, 0.6) is 0 Å². The monoisotopic (exact) mass is 277 g/mol. The molecule has 0 amide bonds. The third kappa shape index (κ3) is 2.25. The van der Waals surface area contributed by atoms with Gasteiger partial charge in [-0.15, -0.1) is 0 Å². The van der Waals surface area contributed by atoms with Gasteiger partial charge in [0.15, 0.2) is 0 Å². The number of rotatable bonds is 4. The fourth-order valence-electron chi connectivity index (χ4n) is 3.23. The molecule has 2 aromatic heterocycles. The Bertz CT molecular complexity index is 586. The van der Waals surface area contributed by atoms with Gasteiger partial charge in [0.05, 0.1) is 5.39 Å². The van der Waals surface area contributed by atoms with Gasteiger partial charge < -0.3 is 4.57 Å². The van der Waals surface area contributed by atoms with Gasteiger partial charge >= 0.3 is 0 Å². The summed E-state index contributed by atoms with van der Waals surface area (Å²) >= 11 is 6.13. The average Bonchev–Trinajstić information content (AvgIpc) is 2.79. The molecule has 3 rings (SSSR count). The van der Waals surface area contributed by atoms with Gasteiger partial charge in [-0.1, -0.05) is 31.9 Å². The van der Waals surface area contributed by atoms with E-state index in [1.54, 1.807) is 6.33 Å². The van der Waals surface area contributed by atoms with Crippen LogP contribution in [-0.4, -0.2) is 14.5 Å². The van der Waals surface area contributed by atoms with Crippen molar-refractivity contribution in [2.45, 2.75) is 52.0 Å². The molecule has 0 aromatic carbocycles. The Hall–Kier alpha value is -1.09. The summed E-state index contributed by atoms with van der Waals surface area (Å²) in [4.78, 5) is 8.46. The maximum Gasteiger partial charge on any atom is 0.145 e.